The van der Waals surface area contributed by atoms with Crippen molar-refractivity contribution >= 4 is 23.3 Å². The summed E-state index contributed by atoms with van der Waals surface area (Å²) < 4.78 is 0. The van der Waals surface area contributed by atoms with E-state index in [4.69, 9.17) is 0 Å². The number of carbonyl (C=O) groups excluding carboxylic acids is 1. The third kappa shape index (κ3) is 3.38. The molecule has 1 fully saturated rings. The van der Waals surface area contributed by atoms with Gasteiger partial charge in [-0.05, 0) is 32.3 Å². The first-order valence-corrected chi connectivity index (χ1v) is 6.56. The fraction of sp³-hybridized carbons (Fsp3) is 0.500. The molecule has 0 spiro atoms. The zero-order chi connectivity index (χ0) is 12.3. The lowest BCUT2D eigenvalue weighted by molar-refractivity contribution is -0.118. The van der Waals surface area contributed by atoms with Crippen molar-refractivity contribution in [2.45, 2.75) is 31.8 Å². The molecule has 0 saturated heterocycles. The van der Waals surface area contributed by atoms with Crippen LogP contribution in [0.15, 0.2) is 11.5 Å². The van der Waals surface area contributed by atoms with E-state index < -0.39 is 5.60 Å². The van der Waals surface area contributed by atoms with Gasteiger partial charge in [0.15, 0.2) is 0 Å². The van der Waals surface area contributed by atoms with Crippen molar-refractivity contribution in [3.63, 3.8) is 0 Å². The summed E-state index contributed by atoms with van der Waals surface area (Å²) in [4.78, 5) is 15.7. The van der Waals surface area contributed by atoms with Crippen LogP contribution in [0.25, 0.3) is 6.08 Å². The molecule has 1 saturated carbocycles. The molecule has 0 bridgehead atoms. The molecule has 1 aromatic rings. The van der Waals surface area contributed by atoms with Gasteiger partial charge in [-0.3, -0.25) is 4.79 Å². The number of nitrogens with zero attached hydrogens (tertiary/aromatic N) is 1. The van der Waals surface area contributed by atoms with E-state index in [1.165, 1.54) is 6.08 Å². The van der Waals surface area contributed by atoms with Gasteiger partial charge in [0, 0.05) is 18.0 Å². The summed E-state index contributed by atoms with van der Waals surface area (Å²) in [5.74, 6) is -0.184. The number of aliphatic hydroxyl groups is 1. The van der Waals surface area contributed by atoms with Gasteiger partial charge in [-0.1, -0.05) is 0 Å². The zero-order valence-electron chi connectivity index (χ0n) is 9.77. The maximum atomic E-state index is 11.5. The second-order valence-electron chi connectivity index (χ2n) is 4.42. The summed E-state index contributed by atoms with van der Waals surface area (Å²) in [6, 6.07) is 0. The van der Waals surface area contributed by atoms with Gasteiger partial charge in [-0.2, -0.15) is 0 Å². The number of amides is 1. The Morgan fingerprint density at radius 2 is 2.47 bits per heavy atom. The van der Waals surface area contributed by atoms with Gasteiger partial charge in [0.1, 0.15) is 0 Å². The van der Waals surface area contributed by atoms with Crippen molar-refractivity contribution in [2.75, 3.05) is 6.54 Å². The monoisotopic (exact) mass is 252 g/mol. The second-order valence-corrected chi connectivity index (χ2v) is 5.48. The highest BCUT2D eigenvalue weighted by atomic mass is 32.1. The molecule has 1 amide bonds. The predicted molar refractivity (Wildman–Crippen MR) is 67.7 cm³/mol. The summed E-state index contributed by atoms with van der Waals surface area (Å²) in [6.45, 7) is 2.26. The molecule has 92 valence electrons. The summed E-state index contributed by atoms with van der Waals surface area (Å²) in [5, 5.41) is 15.4. The summed E-state index contributed by atoms with van der Waals surface area (Å²) in [6.07, 6.45) is 5.74. The first kappa shape index (κ1) is 12.3. The Bertz CT molecular complexity index is 435. The van der Waals surface area contributed by atoms with E-state index in [9.17, 15) is 9.90 Å². The Morgan fingerprint density at radius 1 is 1.71 bits per heavy atom. The molecule has 2 rings (SSSR count). The van der Waals surface area contributed by atoms with Crippen LogP contribution >= 0.6 is 11.3 Å². The number of rotatable bonds is 4. The maximum Gasteiger partial charge on any atom is 0.244 e. The van der Waals surface area contributed by atoms with Crippen LogP contribution in [0.1, 0.15) is 30.0 Å². The first-order valence-electron chi connectivity index (χ1n) is 5.68. The molecule has 0 radical (unpaired) electrons. The molecule has 0 unspecified atom stereocenters. The topological polar surface area (TPSA) is 62.2 Å². The van der Waals surface area contributed by atoms with Crippen LogP contribution in [0.2, 0.25) is 0 Å². The third-order valence-corrected chi connectivity index (χ3v) is 3.71. The number of aryl methyl sites for hydroxylation is 1. The highest BCUT2D eigenvalue weighted by Gasteiger charge is 2.34. The maximum absolute atomic E-state index is 11.5. The number of hydrogen-bond donors (Lipinski definition) is 2. The third-order valence-electron chi connectivity index (χ3n) is 2.92. The normalized spacial score (nSPS) is 18.0. The van der Waals surface area contributed by atoms with Crippen LogP contribution in [-0.2, 0) is 4.79 Å². The van der Waals surface area contributed by atoms with E-state index in [0.29, 0.717) is 6.54 Å². The van der Waals surface area contributed by atoms with Crippen LogP contribution in [-0.4, -0.2) is 28.1 Å². The molecule has 0 aromatic carbocycles. The number of aromatic nitrogens is 1. The standard InChI is InChI=1S/C12H16N2O2S/c1-9-14-10(7-17-9)3-4-11(15)13-8-12(16)5-2-6-12/h3-4,7,16H,2,5-6,8H2,1H3,(H,13,15). The van der Waals surface area contributed by atoms with Gasteiger partial charge in [0.2, 0.25) is 5.91 Å². The van der Waals surface area contributed by atoms with Crippen molar-refractivity contribution in [1.82, 2.24) is 10.3 Å². The molecule has 4 nitrogen and oxygen atoms in total. The van der Waals surface area contributed by atoms with E-state index >= 15 is 0 Å². The molecule has 1 aromatic heterocycles. The molecule has 1 heterocycles. The number of carbonyl (C=O) groups is 1. The Balaban J connectivity index is 1.79. The lowest BCUT2D eigenvalue weighted by atomic mass is 9.80. The van der Waals surface area contributed by atoms with E-state index in [-0.39, 0.29) is 5.91 Å². The fourth-order valence-electron chi connectivity index (χ4n) is 1.69. The Morgan fingerprint density at radius 3 is 3.00 bits per heavy atom. The highest BCUT2D eigenvalue weighted by molar-refractivity contribution is 7.09. The summed E-state index contributed by atoms with van der Waals surface area (Å²) >= 11 is 1.55. The molecule has 1 aliphatic carbocycles. The van der Waals surface area contributed by atoms with Crippen LogP contribution in [0.5, 0.6) is 0 Å². The minimum absolute atomic E-state index is 0.184. The molecule has 0 atom stereocenters. The Kier molecular flexibility index (Phi) is 3.59. The van der Waals surface area contributed by atoms with Crippen LogP contribution in [0.4, 0.5) is 0 Å². The van der Waals surface area contributed by atoms with E-state index in [0.717, 1.165) is 30.0 Å². The summed E-state index contributed by atoms with van der Waals surface area (Å²) in [5.41, 5.74) is 0.130. The average molecular weight is 252 g/mol. The molecule has 17 heavy (non-hydrogen) atoms. The number of thiazole rings is 1. The Labute approximate surface area is 104 Å². The molecule has 2 N–H and O–H groups in total. The van der Waals surface area contributed by atoms with Gasteiger partial charge < -0.3 is 10.4 Å². The quantitative estimate of drug-likeness (QED) is 0.798. The molecular weight excluding hydrogens is 236 g/mol. The molecule has 1 aliphatic rings. The number of hydrogen-bond acceptors (Lipinski definition) is 4. The van der Waals surface area contributed by atoms with Crippen molar-refractivity contribution in [3.05, 3.63) is 22.2 Å². The average Bonchev–Trinajstić information content (AvgIpc) is 2.67. The van der Waals surface area contributed by atoms with Crippen LogP contribution in [0, 0.1) is 6.92 Å². The van der Waals surface area contributed by atoms with E-state index in [1.54, 1.807) is 17.4 Å². The predicted octanol–water partition coefficient (Wildman–Crippen LogP) is 1.50. The second kappa shape index (κ2) is 4.98. The largest absolute Gasteiger partial charge is 0.388 e. The Hall–Kier alpha value is -1.20. The van der Waals surface area contributed by atoms with Crippen LogP contribution in [0.3, 0.4) is 0 Å². The fourth-order valence-corrected chi connectivity index (χ4v) is 2.27. The first-order chi connectivity index (χ1) is 8.07. The van der Waals surface area contributed by atoms with Gasteiger partial charge in [-0.15, -0.1) is 11.3 Å². The van der Waals surface area contributed by atoms with Gasteiger partial charge in [0.25, 0.3) is 0 Å². The van der Waals surface area contributed by atoms with Gasteiger partial charge in [0.05, 0.1) is 16.3 Å². The minimum atomic E-state index is -0.666. The van der Waals surface area contributed by atoms with Gasteiger partial charge >= 0.3 is 0 Å². The molecular formula is C12H16N2O2S. The van der Waals surface area contributed by atoms with Crippen molar-refractivity contribution in [1.29, 1.82) is 0 Å². The van der Waals surface area contributed by atoms with Crippen molar-refractivity contribution in [3.8, 4) is 0 Å². The van der Waals surface area contributed by atoms with Crippen molar-refractivity contribution < 1.29 is 9.90 Å². The number of nitrogens with one attached hydrogen (secondary N) is 1. The summed E-state index contributed by atoms with van der Waals surface area (Å²) in [7, 11) is 0. The highest BCUT2D eigenvalue weighted by Crippen LogP contribution is 2.30. The lowest BCUT2D eigenvalue weighted by Gasteiger charge is -2.36. The minimum Gasteiger partial charge on any atom is -0.388 e. The van der Waals surface area contributed by atoms with E-state index in [1.807, 2.05) is 12.3 Å². The lowest BCUT2D eigenvalue weighted by Crippen LogP contribution is -2.47. The SMILES string of the molecule is Cc1nc(C=CC(=O)NCC2(O)CCC2)cs1. The molecule has 0 aliphatic heterocycles. The zero-order valence-corrected chi connectivity index (χ0v) is 10.6. The van der Waals surface area contributed by atoms with Crippen LogP contribution < -0.4 is 5.32 Å². The van der Waals surface area contributed by atoms with Gasteiger partial charge in [-0.25, -0.2) is 4.98 Å². The molecule has 5 heteroatoms. The van der Waals surface area contributed by atoms with Crippen molar-refractivity contribution in [2.24, 2.45) is 0 Å². The smallest absolute Gasteiger partial charge is 0.244 e. The van der Waals surface area contributed by atoms with E-state index in [2.05, 4.69) is 10.3 Å².